The molecule has 0 aliphatic heterocycles. The average Bonchev–Trinajstić information content (AvgIpc) is 2.37. The van der Waals surface area contributed by atoms with Gasteiger partial charge in [0.15, 0.2) is 0 Å². The molecule has 1 aliphatic rings. The van der Waals surface area contributed by atoms with E-state index in [9.17, 15) is 8.42 Å². The number of benzene rings is 1. The third-order valence-corrected chi connectivity index (χ3v) is 6.00. The molecule has 1 fully saturated rings. The number of hydrogen-bond acceptors (Lipinski definition) is 3. The van der Waals surface area contributed by atoms with Crippen molar-refractivity contribution in [2.24, 2.45) is 11.7 Å². The molecule has 4 nitrogen and oxygen atoms in total. The molecule has 5 heteroatoms. The normalized spacial score (nSPS) is 18.0. The zero-order valence-corrected chi connectivity index (χ0v) is 13.1. The van der Waals surface area contributed by atoms with Crippen molar-refractivity contribution in [3.05, 3.63) is 29.8 Å². The Morgan fingerprint density at radius 2 is 2.10 bits per heavy atom. The van der Waals surface area contributed by atoms with Crippen LogP contribution in [0.2, 0.25) is 0 Å². The van der Waals surface area contributed by atoms with Gasteiger partial charge in [0.05, 0.1) is 4.90 Å². The van der Waals surface area contributed by atoms with Crippen LogP contribution in [0, 0.1) is 5.92 Å². The summed E-state index contributed by atoms with van der Waals surface area (Å²) in [5.41, 5.74) is 6.69. The largest absolute Gasteiger partial charge is 0.324 e. The van der Waals surface area contributed by atoms with Gasteiger partial charge >= 0.3 is 0 Å². The highest BCUT2D eigenvalue weighted by molar-refractivity contribution is 7.89. The van der Waals surface area contributed by atoms with Crippen LogP contribution in [0.3, 0.4) is 0 Å². The molecule has 0 bridgehead atoms. The maximum atomic E-state index is 12.7. The third-order valence-electron chi connectivity index (χ3n) is 4.06. The van der Waals surface area contributed by atoms with Crippen molar-refractivity contribution in [1.29, 1.82) is 0 Å². The molecule has 0 heterocycles. The lowest BCUT2D eigenvalue weighted by atomic mass is 9.85. The van der Waals surface area contributed by atoms with Gasteiger partial charge in [-0.2, -0.15) is 4.31 Å². The highest BCUT2D eigenvalue weighted by Crippen LogP contribution is 2.29. The fourth-order valence-electron chi connectivity index (χ4n) is 2.47. The second-order valence-electron chi connectivity index (χ2n) is 5.61. The summed E-state index contributed by atoms with van der Waals surface area (Å²) in [7, 11) is -3.40. The Bertz CT molecular complexity index is 551. The topological polar surface area (TPSA) is 63.4 Å². The highest BCUT2D eigenvalue weighted by atomic mass is 32.2. The van der Waals surface area contributed by atoms with E-state index in [-0.39, 0.29) is 6.04 Å². The van der Waals surface area contributed by atoms with Gasteiger partial charge in [-0.05, 0) is 43.4 Å². The first kappa shape index (κ1) is 15.5. The molecular formula is C15H24N2O2S. The molecule has 1 aliphatic carbocycles. The van der Waals surface area contributed by atoms with Crippen LogP contribution in [0.25, 0.3) is 0 Å². The Kier molecular flexibility index (Phi) is 4.83. The van der Waals surface area contributed by atoms with Crippen LogP contribution in [0.5, 0.6) is 0 Å². The van der Waals surface area contributed by atoms with Gasteiger partial charge in [-0.25, -0.2) is 8.42 Å². The number of nitrogens with two attached hydrogens (primary N) is 1. The van der Waals surface area contributed by atoms with Crippen LogP contribution in [-0.4, -0.2) is 25.8 Å². The van der Waals surface area contributed by atoms with Crippen LogP contribution >= 0.6 is 0 Å². The minimum atomic E-state index is -3.40. The summed E-state index contributed by atoms with van der Waals surface area (Å²) in [4.78, 5) is 0.355. The van der Waals surface area contributed by atoms with Crippen LogP contribution in [0.1, 0.15) is 44.7 Å². The van der Waals surface area contributed by atoms with Gasteiger partial charge in [0, 0.05) is 19.1 Å². The maximum absolute atomic E-state index is 12.7. The number of rotatable bonds is 6. The Balaban J connectivity index is 2.24. The molecule has 112 valence electrons. The molecule has 20 heavy (non-hydrogen) atoms. The number of nitrogens with zero attached hydrogens (tertiary/aromatic N) is 1. The summed E-state index contributed by atoms with van der Waals surface area (Å²) in [6.07, 6.45) is 3.51. The van der Waals surface area contributed by atoms with Gasteiger partial charge in [-0.3, -0.25) is 0 Å². The van der Waals surface area contributed by atoms with E-state index < -0.39 is 10.0 Å². The molecular weight excluding hydrogens is 272 g/mol. The second-order valence-corrected chi connectivity index (χ2v) is 7.55. The summed E-state index contributed by atoms with van der Waals surface area (Å²) in [5.74, 6) is 0.529. The first-order valence-electron chi connectivity index (χ1n) is 7.31. The van der Waals surface area contributed by atoms with E-state index in [4.69, 9.17) is 5.73 Å². The molecule has 0 spiro atoms. The minimum Gasteiger partial charge on any atom is -0.324 e. The predicted octanol–water partition coefficient (Wildman–Crippen LogP) is 2.52. The lowest BCUT2D eigenvalue weighted by Crippen LogP contribution is -2.37. The molecule has 0 amide bonds. The van der Waals surface area contributed by atoms with Crippen molar-refractivity contribution in [1.82, 2.24) is 4.31 Å². The Hall–Kier alpha value is -0.910. The Morgan fingerprint density at radius 1 is 1.40 bits per heavy atom. The molecule has 0 radical (unpaired) electrons. The summed E-state index contributed by atoms with van der Waals surface area (Å²) in [6, 6.07) is 6.83. The second kappa shape index (κ2) is 6.24. The zero-order chi connectivity index (χ0) is 14.8. The van der Waals surface area contributed by atoms with E-state index in [1.54, 1.807) is 22.5 Å². The summed E-state index contributed by atoms with van der Waals surface area (Å²) in [5, 5.41) is 0. The van der Waals surface area contributed by atoms with Crippen molar-refractivity contribution >= 4 is 10.0 Å². The fourth-order valence-corrected chi connectivity index (χ4v) is 4.05. The van der Waals surface area contributed by atoms with E-state index in [1.165, 1.54) is 6.42 Å². The van der Waals surface area contributed by atoms with E-state index in [0.29, 0.717) is 23.9 Å². The van der Waals surface area contributed by atoms with E-state index in [0.717, 1.165) is 18.4 Å². The SMILES string of the molecule is CCN(CC1CCC1)S(=O)(=O)c1cccc(C(C)N)c1. The smallest absolute Gasteiger partial charge is 0.243 e. The first-order chi connectivity index (χ1) is 9.45. The average molecular weight is 296 g/mol. The van der Waals surface area contributed by atoms with Gasteiger partial charge < -0.3 is 5.73 Å². The van der Waals surface area contributed by atoms with E-state index >= 15 is 0 Å². The molecule has 1 aromatic carbocycles. The minimum absolute atomic E-state index is 0.160. The molecule has 1 saturated carbocycles. The molecule has 0 saturated heterocycles. The highest BCUT2D eigenvalue weighted by Gasteiger charge is 2.28. The van der Waals surface area contributed by atoms with Crippen molar-refractivity contribution in [3.8, 4) is 0 Å². The van der Waals surface area contributed by atoms with Crippen LogP contribution in [0.4, 0.5) is 0 Å². The number of hydrogen-bond donors (Lipinski definition) is 1. The van der Waals surface area contributed by atoms with Gasteiger partial charge in [0.1, 0.15) is 0 Å². The zero-order valence-electron chi connectivity index (χ0n) is 12.2. The Morgan fingerprint density at radius 3 is 2.60 bits per heavy atom. The molecule has 2 rings (SSSR count). The van der Waals surface area contributed by atoms with Gasteiger partial charge in [-0.15, -0.1) is 0 Å². The standard InChI is InChI=1S/C15H24N2O2S/c1-3-17(11-13-6-4-7-13)20(18,19)15-9-5-8-14(10-15)12(2)16/h5,8-10,12-13H,3-4,6-7,11,16H2,1-2H3. The van der Waals surface area contributed by atoms with Crippen LogP contribution in [0.15, 0.2) is 29.2 Å². The van der Waals surface area contributed by atoms with Gasteiger partial charge in [0.25, 0.3) is 0 Å². The molecule has 0 aromatic heterocycles. The lowest BCUT2D eigenvalue weighted by Gasteiger charge is -2.31. The maximum Gasteiger partial charge on any atom is 0.243 e. The molecule has 2 N–H and O–H groups in total. The van der Waals surface area contributed by atoms with E-state index in [1.807, 2.05) is 19.9 Å². The quantitative estimate of drug-likeness (QED) is 0.877. The first-order valence-corrected chi connectivity index (χ1v) is 8.75. The van der Waals surface area contributed by atoms with Gasteiger partial charge in [-0.1, -0.05) is 25.5 Å². The Labute approximate surface area is 122 Å². The molecule has 1 aromatic rings. The lowest BCUT2D eigenvalue weighted by molar-refractivity contribution is 0.250. The van der Waals surface area contributed by atoms with Crippen molar-refractivity contribution in [2.45, 2.75) is 44.0 Å². The predicted molar refractivity (Wildman–Crippen MR) is 80.8 cm³/mol. The fraction of sp³-hybridized carbons (Fsp3) is 0.600. The van der Waals surface area contributed by atoms with Crippen molar-refractivity contribution in [2.75, 3.05) is 13.1 Å². The molecule has 1 unspecified atom stereocenters. The number of sulfonamides is 1. The van der Waals surface area contributed by atoms with Crippen molar-refractivity contribution in [3.63, 3.8) is 0 Å². The van der Waals surface area contributed by atoms with Crippen molar-refractivity contribution < 1.29 is 8.42 Å². The van der Waals surface area contributed by atoms with Gasteiger partial charge in [0.2, 0.25) is 10.0 Å². The van der Waals surface area contributed by atoms with E-state index in [2.05, 4.69) is 0 Å². The summed E-state index contributed by atoms with van der Waals surface area (Å²) < 4.78 is 27.0. The molecule has 1 atom stereocenters. The summed E-state index contributed by atoms with van der Waals surface area (Å²) in [6.45, 7) is 4.91. The summed E-state index contributed by atoms with van der Waals surface area (Å²) >= 11 is 0. The third kappa shape index (κ3) is 3.22. The monoisotopic (exact) mass is 296 g/mol. The van der Waals surface area contributed by atoms with Crippen LogP contribution in [-0.2, 0) is 10.0 Å². The van der Waals surface area contributed by atoms with Crippen LogP contribution < -0.4 is 5.73 Å².